The van der Waals surface area contributed by atoms with Crippen molar-refractivity contribution in [1.29, 1.82) is 0 Å². The molecule has 0 spiro atoms. The lowest BCUT2D eigenvalue weighted by Gasteiger charge is -2.29. The Kier molecular flexibility index (Phi) is 6.65. The van der Waals surface area contributed by atoms with Gasteiger partial charge in [-0.05, 0) is 32.1 Å². The summed E-state index contributed by atoms with van der Waals surface area (Å²) in [5.41, 5.74) is 0. The van der Waals surface area contributed by atoms with E-state index in [1.807, 2.05) is 4.90 Å². The molecule has 1 amide bonds. The van der Waals surface area contributed by atoms with E-state index >= 15 is 0 Å². The van der Waals surface area contributed by atoms with E-state index in [0.29, 0.717) is 44.9 Å². The van der Waals surface area contributed by atoms with Gasteiger partial charge in [-0.15, -0.1) is 0 Å². The van der Waals surface area contributed by atoms with Gasteiger partial charge in [0, 0.05) is 13.1 Å². The highest BCUT2D eigenvalue weighted by Gasteiger charge is 2.20. The van der Waals surface area contributed by atoms with E-state index < -0.39 is 0 Å². The normalized spacial score (nSPS) is 19.3. The quantitative estimate of drug-likeness (QED) is 0.789. The van der Waals surface area contributed by atoms with Crippen LogP contribution in [0, 0.1) is 5.92 Å². The molecule has 1 aliphatic heterocycles. The number of rotatable bonds is 6. The summed E-state index contributed by atoms with van der Waals surface area (Å²) in [4.78, 5) is 13.7. The predicted octanol–water partition coefficient (Wildman–Crippen LogP) is 1.81. The van der Waals surface area contributed by atoms with Crippen LogP contribution in [-0.4, -0.2) is 47.8 Å². The Balaban J connectivity index is 2.13. The maximum atomic E-state index is 11.9. The van der Waals surface area contributed by atoms with Crippen LogP contribution in [0.25, 0.3) is 0 Å². The molecule has 0 unspecified atom stereocenters. The summed E-state index contributed by atoms with van der Waals surface area (Å²) in [6.07, 6.45) is 2.90. The molecular formula is C14H27NO3. The molecule has 0 radical (unpaired) electrons. The molecule has 4 heteroatoms. The number of amides is 1. The lowest BCUT2D eigenvalue weighted by atomic mass is 10.1. The third kappa shape index (κ3) is 5.83. The van der Waals surface area contributed by atoms with E-state index in [4.69, 9.17) is 4.74 Å². The SMILES string of the molecule is CC(C)C[C@@H](C)OCCC(=O)N1CCC(O)CC1. The van der Waals surface area contributed by atoms with Crippen molar-refractivity contribution in [2.24, 2.45) is 5.92 Å². The number of ether oxygens (including phenoxy) is 1. The molecule has 1 rings (SSSR count). The minimum atomic E-state index is -0.226. The van der Waals surface area contributed by atoms with Gasteiger partial charge < -0.3 is 14.7 Å². The van der Waals surface area contributed by atoms with Gasteiger partial charge in [-0.3, -0.25) is 4.79 Å². The van der Waals surface area contributed by atoms with Crippen molar-refractivity contribution >= 4 is 5.91 Å². The summed E-state index contributed by atoms with van der Waals surface area (Å²) in [6, 6.07) is 0. The monoisotopic (exact) mass is 257 g/mol. The Morgan fingerprint density at radius 3 is 2.50 bits per heavy atom. The summed E-state index contributed by atoms with van der Waals surface area (Å²) in [6.45, 7) is 8.27. The first-order valence-electron chi connectivity index (χ1n) is 7.06. The maximum absolute atomic E-state index is 11.9. The topological polar surface area (TPSA) is 49.8 Å². The van der Waals surface area contributed by atoms with E-state index in [9.17, 15) is 9.90 Å². The first-order chi connectivity index (χ1) is 8.49. The number of carbonyl (C=O) groups excluding carboxylic acids is 1. The van der Waals surface area contributed by atoms with Crippen molar-refractivity contribution in [2.75, 3.05) is 19.7 Å². The number of aliphatic hydroxyl groups excluding tert-OH is 1. The molecule has 0 saturated carbocycles. The zero-order chi connectivity index (χ0) is 13.5. The lowest BCUT2D eigenvalue weighted by molar-refractivity contribution is -0.134. The average Bonchev–Trinajstić information content (AvgIpc) is 2.28. The Bertz CT molecular complexity index is 247. The first-order valence-corrected chi connectivity index (χ1v) is 7.06. The molecule has 4 nitrogen and oxygen atoms in total. The van der Waals surface area contributed by atoms with E-state index in [-0.39, 0.29) is 18.1 Å². The molecular weight excluding hydrogens is 230 g/mol. The molecule has 106 valence electrons. The highest BCUT2D eigenvalue weighted by Crippen LogP contribution is 2.12. The molecule has 18 heavy (non-hydrogen) atoms. The van der Waals surface area contributed by atoms with Crippen molar-refractivity contribution in [2.45, 2.75) is 58.7 Å². The van der Waals surface area contributed by atoms with Gasteiger partial charge in [-0.25, -0.2) is 0 Å². The van der Waals surface area contributed by atoms with Crippen molar-refractivity contribution in [1.82, 2.24) is 4.90 Å². The molecule has 0 aromatic carbocycles. The zero-order valence-corrected chi connectivity index (χ0v) is 11.9. The molecule has 1 saturated heterocycles. The number of hydrogen-bond acceptors (Lipinski definition) is 3. The standard InChI is InChI=1S/C14H27NO3/c1-11(2)10-12(3)18-9-6-14(17)15-7-4-13(16)5-8-15/h11-13,16H,4-10H2,1-3H3/t12-/m1/s1. The van der Waals surface area contributed by atoms with Crippen LogP contribution in [0.15, 0.2) is 0 Å². The smallest absolute Gasteiger partial charge is 0.224 e. The van der Waals surface area contributed by atoms with E-state index in [2.05, 4.69) is 20.8 Å². The average molecular weight is 257 g/mol. The van der Waals surface area contributed by atoms with Gasteiger partial charge >= 0.3 is 0 Å². The Morgan fingerprint density at radius 2 is 1.94 bits per heavy atom. The molecule has 1 atom stereocenters. The fourth-order valence-electron chi connectivity index (χ4n) is 2.35. The number of likely N-dealkylation sites (tertiary alicyclic amines) is 1. The largest absolute Gasteiger partial charge is 0.393 e. The van der Waals surface area contributed by atoms with Crippen LogP contribution in [0.5, 0.6) is 0 Å². The van der Waals surface area contributed by atoms with Gasteiger partial charge in [0.05, 0.1) is 25.2 Å². The van der Waals surface area contributed by atoms with Gasteiger partial charge in [0.1, 0.15) is 0 Å². The third-order valence-electron chi connectivity index (χ3n) is 3.34. The number of carbonyl (C=O) groups is 1. The number of piperidine rings is 1. The minimum Gasteiger partial charge on any atom is -0.393 e. The van der Waals surface area contributed by atoms with Crippen LogP contribution in [0.3, 0.4) is 0 Å². The van der Waals surface area contributed by atoms with Crippen LogP contribution in [-0.2, 0) is 9.53 Å². The summed E-state index contributed by atoms with van der Waals surface area (Å²) >= 11 is 0. The summed E-state index contributed by atoms with van der Waals surface area (Å²) < 4.78 is 5.64. The molecule has 0 aliphatic carbocycles. The fraction of sp³-hybridized carbons (Fsp3) is 0.929. The summed E-state index contributed by atoms with van der Waals surface area (Å²) in [7, 11) is 0. The van der Waals surface area contributed by atoms with Gasteiger partial charge in [0.15, 0.2) is 0 Å². The molecule has 0 aromatic heterocycles. The predicted molar refractivity (Wildman–Crippen MR) is 71.3 cm³/mol. The van der Waals surface area contributed by atoms with Gasteiger partial charge in [-0.2, -0.15) is 0 Å². The second-order valence-corrected chi connectivity index (χ2v) is 5.67. The van der Waals surface area contributed by atoms with Gasteiger partial charge in [0.2, 0.25) is 5.91 Å². The Morgan fingerprint density at radius 1 is 1.33 bits per heavy atom. The molecule has 1 N–H and O–H groups in total. The van der Waals surface area contributed by atoms with Gasteiger partial charge in [0.25, 0.3) is 0 Å². The molecule has 0 bridgehead atoms. The van der Waals surface area contributed by atoms with Crippen LogP contribution in [0.2, 0.25) is 0 Å². The number of aliphatic hydroxyl groups is 1. The van der Waals surface area contributed by atoms with E-state index in [1.165, 1.54) is 0 Å². The van der Waals surface area contributed by atoms with Crippen molar-refractivity contribution < 1.29 is 14.6 Å². The zero-order valence-electron chi connectivity index (χ0n) is 11.9. The third-order valence-corrected chi connectivity index (χ3v) is 3.34. The summed E-state index contributed by atoms with van der Waals surface area (Å²) in [5.74, 6) is 0.776. The molecule has 1 aliphatic rings. The second kappa shape index (κ2) is 7.74. The Labute approximate surface area is 110 Å². The van der Waals surface area contributed by atoms with Crippen molar-refractivity contribution in [3.8, 4) is 0 Å². The summed E-state index contributed by atoms with van der Waals surface area (Å²) in [5, 5.41) is 9.38. The van der Waals surface area contributed by atoms with Gasteiger partial charge in [-0.1, -0.05) is 13.8 Å². The fourth-order valence-corrected chi connectivity index (χ4v) is 2.35. The van der Waals surface area contributed by atoms with Crippen LogP contribution in [0.4, 0.5) is 0 Å². The van der Waals surface area contributed by atoms with Crippen molar-refractivity contribution in [3.05, 3.63) is 0 Å². The first kappa shape index (κ1) is 15.4. The van der Waals surface area contributed by atoms with E-state index in [0.717, 1.165) is 6.42 Å². The maximum Gasteiger partial charge on any atom is 0.224 e. The van der Waals surface area contributed by atoms with Crippen LogP contribution < -0.4 is 0 Å². The number of nitrogens with zero attached hydrogens (tertiary/aromatic N) is 1. The highest BCUT2D eigenvalue weighted by atomic mass is 16.5. The Hall–Kier alpha value is -0.610. The van der Waals surface area contributed by atoms with E-state index in [1.54, 1.807) is 0 Å². The number of hydrogen-bond donors (Lipinski definition) is 1. The molecule has 0 aromatic rings. The minimum absolute atomic E-state index is 0.152. The highest BCUT2D eigenvalue weighted by molar-refractivity contribution is 5.76. The van der Waals surface area contributed by atoms with Crippen molar-refractivity contribution in [3.63, 3.8) is 0 Å². The molecule has 1 fully saturated rings. The molecule has 1 heterocycles. The second-order valence-electron chi connectivity index (χ2n) is 5.67. The van der Waals surface area contributed by atoms with Crippen LogP contribution >= 0.6 is 0 Å². The lowest BCUT2D eigenvalue weighted by Crippen LogP contribution is -2.40. The van der Waals surface area contributed by atoms with Crippen LogP contribution in [0.1, 0.15) is 46.5 Å².